The van der Waals surface area contributed by atoms with E-state index in [2.05, 4.69) is 28.3 Å². The molecule has 0 saturated carbocycles. The van der Waals surface area contributed by atoms with E-state index in [0.717, 1.165) is 42.0 Å². The summed E-state index contributed by atoms with van der Waals surface area (Å²) in [6.07, 6.45) is 3.22. The lowest BCUT2D eigenvalue weighted by Crippen LogP contribution is -2.01. The molecule has 0 radical (unpaired) electrons. The second-order valence-corrected chi connectivity index (χ2v) is 5.40. The van der Waals surface area contributed by atoms with Crippen LogP contribution in [0.15, 0.2) is 24.3 Å². The average Bonchev–Trinajstić information content (AvgIpc) is 2.84. The standard InChI is InChI=1S/C16H22ClN3O/c1-3-4-8-15-19-14(16(17)20-15)10-18-13-7-5-6-12(9-13)11-21-2/h5-7,9,18H,3-4,8,10-11H2,1-2H3,(H,19,20). The van der Waals surface area contributed by atoms with E-state index in [1.807, 2.05) is 18.2 Å². The smallest absolute Gasteiger partial charge is 0.152 e. The number of benzene rings is 1. The second-order valence-electron chi connectivity index (χ2n) is 5.04. The monoisotopic (exact) mass is 307 g/mol. The number of halogens is 1. The predicted molar refractivity (Wildman–Crippen MR) is 86.7 cm³/mol. The minimum absolute atomic E-state index is 0.557. The zero-order valence-electron chi connectivity index (χ0n) is 12.6. The van der Waals surface area contributed by atoms with E-state index in [9.17, 15) is 0 Å². The average molecular weight is 308 g/mol. The van der Waals surface area contributed by atoms with Crippen LogP contribution in [0.4, 0.5) is 5.69 Å². The molecule has 4 nitrogen and oxygen atoms in total. The molecule has 0 aliphatic heterocycles. The summed E-state index contributed by atoms with van der Waals surface area (Å²) in [6, 6.07) is 8.16. The molecule has 0 spiro atoms. The van der Waals surface area contributed by atoms with Gasteiger partial charge in [0.25, 0.3) is 0 Å². The number of ether oxygens (including phenoxy) is 1. The van der Waals surface area contributed by atoms with Crippen LogP contribution in [-0.4, -0.2) is 17.1 Å². The number of hydrogen-bond acceptors (Lipinski definition) is 3. The maximum atomic E-state index is 6.17. The Bertz CT molecular complexity index is 568. The summed E-state index contributed by atoms with van der Waals surface area (Å²) in [4.78, 5) is 7.65. The van der Waals surface area contributed by atoms with Gasteiger partial charge < -0.3 is 15.0 Å². The minimum atomic E-state index is 0.557. The van der Waals surface area contributed by atoms with Crippen molar-refractivity contribution >= 4 is 17.3 Å². The molecule has 21 heavy (non-hydrogen) atoms. The van der Waals surface area contributed by atoms with E-state index in [0.29, 0.717) is 18.3 Å². The quantitative estimate of drug-likeness (QED) is 0.769. The number of rotatable bonds is 8. The molecule has 2 N–H and O–H groups in total. The van der Waals surface area contributed by atoms with Gasteiger partial charge in [-0.3, -0.25) is 0 Å². The van der Waals surface area contributed by atoms with E-state index in [4.69, 9.17) is 16.3 Å². The van der Waals surface area contributed by atoms with Gasteiger partial charge >= 0.3 is 0 Å². The third kappa shape index (κ3) is 4.76. The van der Waals surface area contributed by atoms with Gasteiger partial charge in [0.05, 0.1) is 18.8 Å². The number of methoxy groups -OCH3 is 1. The Balaban J connectivity index is 1.96. The lowest BCUT2D eigenvalue weighted by molar-refractivity contribution is 0.185. The van der Waals surface area contributed by atoms with Crippen molar-refractivity contribution in [2.75, 3.05) is 12.4 Å². The zero-order chi connectivity index (χ0) is 15.1. The highest BCUT2D eigenvalue weighted by molar-refractivity contribution is 6.30. The predicted octanol–water partition coefficient (Wildman–Crippen LogP) is 4.16. The van der Waals surface area contributed by atoms with Gasteiger partial charge in [-0.25, -0.2) is 4.98 Å². The summed E-state index contributed by atoms with van der Waals surface area (Å²) in [5.41, 5.74) is 3.12. The van der Waals surface area contributed by atoms with E-state index < -0.39 is 0 Å². The summed E-state index contributed by atoms with van der Waals surface area (Å²) < 4.78 is 5.14. The first-order valence-electron chi connectivity index (χ1n) is 7.28. The Morgan fingerprint density at radius 3 is 3.00 bits per heavy atom. The van der Waals surface area contributed by atoms with Crippen molar-refractivity contribution in [2.45, 2.75) is 39.3 Å². The maximum absolute atomic E-state index is 6.17. The molecule has 1 heterocycles. The number of aromatic amines is 1. The normalized spacial score (nSPS) is 10.8. The maximum Gasteiger partial charge on any atom is 0.152 e. The van der Waals surface area contributed by atoms with Gasteiger partial charge in [-0.05, 0) is 24.1 Å². The molecular formula is C16H22ClN3O. The molecule has 0 unspecified atom stereocenters. The van der Waals surface area contributed by atoms with Crippen LogP contribution in [0.3, 0.4) is 0 Å². The summed E-state index contributed by atoms with van der Waals surface area (Å²) >= 11 is 6.17. The molecule has 2 aromatic rings. The van der Waals surface area contributed by atoms with Crippen molar-refractivity contribution in [3.05, 3.63) is 46.5 Å². The lowest BCUT2D eigenvalue weighted by Gasteiger charge is -2.07. The van der Waals surface area contributed by atoms with Crippen molar-refractivity contribution in [3.8, 4) is 0 Å². The summed E-state index contributed by atoms with van der Waals surface area (Å²) in [7, 11) is 1.70. The molecular weight excluding hydrogens is 286 g/mol. The van der Waals surface area contributed by atoms with Gasteiger partial charge in [-0.2, -0.15) is 0 Å². The number of aromatic nitrogens is 2. The number of imidazole rings is 1. The molecule has 0 aliphatic rings. The summed E-state index contributed by atoms with van der Waals surface area (Å²) in [6.45, 7) is 3.41. The molecule has 5 heteroatoms. The van der Waals surface area contributed by atoms with E-state index in [1.165, 1.54) is 0 Å². The number of hydrogen-bond donors (Lipinski definition) is 2. The first kappa shape index (κ1) is 15.9. The van der Waals surface area contributed by atoms with Crippen molar-refractivity contribution in [2.24, 2.45) is 0 Å². The first-order valence-corrected chi connectivity index (χ1v) is 7.65. The number of H-pyrrole nitrogens is 1. The second kappa shape index (κ2) is 8.05. The van der Waals surface area contributed by atoms with Gasteiger partial charge in [0, 0.05) is 19.2 Å². The molecule has 1 aromatic heterocycles. The van der Waals surface area contributed by atoms with Crippen LogP contribution in [0, 0.1) is 0 Å². The summed E-state index contributed by atoms with van der Waals surface area (Å²) in [5.74, 6) is 0.965. The molecule has 0 atom stereocenters. The number of nitrogens with zero attached hydrogens (tertiary/aromatic N) is 1. The van der Waals surface area contributed by atoms with Gasteiger partial charge in [-0.1, -0.05) is 37.1 Å². The summed E-state index contributed by atoms with van der Waals surface area (Å²) in [5, 5.41) is 3.92. The highest BCUT2D eigenvalue weighted by atomic mass is 35.5. The molecule has 0 saturated heterocycles. The van der Waals surface area contributed by atoms with Crippen LogP contribution in [0.2, 0.25) is 5.15 Å². The SMILES string of the molecule is CCCCc1nc(Cl)c(CNc2cccc(COC)c2)[nH]1. The van der Waals surface area contributed by atoms with Crippen molar-refractivity contribution < 1.29 is 4.74 Å². The van der Waals surface area contributed by atoms with Gasteiger partial charge in [0.2, 0.25) is 0 Å². The Kier molecular flexibility index (Phi) is 6.08. The molecule has 1 aromatic carbocycles. The van der Waals surface area contributed by atoms with Crippen LogP contribution in [0.1, 0.15) is 36.8 Å². The highest BCUT2D eigenvalue weighted by Gasteiger charge is 2.07. The van der Waals surface area contributed by atoms with Crippen molar-refractivity contribution in [1.82, 2.24) is 9.97 Å². The number of unbranched alkanes of at least 4 members (excludes halogenated alkanes) is 1. The third-order valence-electron chi connectivity index (χ3n) is 3.25. The van der Waals surface area contributed by atoms with Crippen LogP contribution in [0.25, 0.3) is 0 Å². The topological polar surface area (TPSA) is 49.9 Å². The molecule has 0 amide bonds. The Morgan fingerprint density at radius 2 is 2.24 bits per heavy atom. The Morgan fingerprint density at radius 1 is 1.38 bits per heavy atom. The highest BCUT2D eigenvalue weighted by Crippen LogP contribution is 2.17. The van der Waals surface area contributed by atoms with E-state index in [-0.39, 0.29) is 0 Å². The fourth-order valence-electron chi connectivity index (χ4n) is 2.15. The van der Waals surface area contributed by atoms with Crippen LogP contribution < -0.4 is 5.32 Å². The number of nitrogens with one attached hydrogen (secondary N) is 2. The van der Waals surface area contributed by atoms with E-state index in [1.54, 1.807) is 7.11 Å². The molecule has 114 valence electrons. The van der Waals surface area contributed by atoms with Crippen molar-refractivity contribution in [1.29, 1.82) is 0 Å². The molecule has 0 bridgehead atoms. The first-order chi connectivity index (χ1) is 10.2. The number of anilines is 1. The minimum Gasteiger partial charge on any atom is -0.380 e. The number of aryl methyl sites for hydroxylation is 1. The van der Waals surface area contributed by atoms with Gasteiger partial charge in [-0.15, -0.1) is 0 Å². The lowest BCUT2D eigenvalue weighted by atomic mass is 10.2. The third-order valence-corrected chi connectivity index (χ3v) is 3.56. The largest absolute Gasteiger partial charge is 0.380 e. The van der Waals surface area contributed by atoms with E-state index >= 15 is 0 Å². The molecule has 0 aliphatic carbocycles. The fourth-order valence-corrected chi connectivity index (χ4v) is 2.36. The Labute approximate surface area is 130 Å². The van der Waals surface area contributed by atoms with Gasteiger partial charge in [0.1, 0.15) is 5.82 Å². The van der Waals surface area contributed by atoms with Crippen LogP contribution in [-0.2, 0) is 24.3 Å². The fraction of sp³-hybridized carbons (Fsp3) is 0.438. The van der Waals surface area contributed by atoms with Crippen LogP contribution in [0.5, 0.6) is 0 Å². The van der Waals surface area contributed by atoms with Crippen LogP contribution >= 0.6 is 11.6 Å². The molecule has 2 rings (SSSR count). The Hall–Kier alpha value is -1.52. The zero-order valence-corrected chi connectivity index (χ0v) is 13.3. The molecule has 0 fully saturated rings. The van der Waals surface area contributed by atoms with Crippen molar-refractivity contribution in [3.63, 3.8) is 0 Å². The van der Waals surface area contributed by atoms with Gasteiger partial charge in [0.15, 0.2) is 5.15 Å².